The van der Waals surface area contributed by atoms with Crippen LogP contribution in [-0.2, 0) is 9.59 Å². The van der Waals surface area contributed by atoms with Crippen molar-refractivity contribution >= 4 is 28.8 Å². The second-order valence-electron chi connectivity index (χ2n) is 5.83. The largest absolute Gasteiger partial charge is 0.507 e. The van der Waals surface area contributed by atoms with E-state index >= 15 is 0 Å². The molecule has 0 radical (unpaired) electrons. The van der Waals surface area contributed by atoms with Crippen LogP contribution in [-0.4, -0.2) is 28.2 Å². The molecule has 1 N–H and O–H groups in total. The Kier molecular flexibility index (Phi) is 4.53. The quantitative estimate of drug-likeness (QED) is 0.521. The van der Waals surface area contributed by atoms with Gasteiger partial charge in [0.2, 0.25) is 0 Å². The molecule has 0 bridgehead atoms. The number of aliphatic hydroxyl groups excluding tert-OH is 1. The van der Waals surface area contributed by atoms with E-state index in [0.29, 0.717) is 12.1 Å². The van der Waals surface area contributed by atoms with Crippen LogP contribution < -0.4 is 0 Å². The summed E-state index contributed by atoms with van der Waals surface area (Å²) >= 11 is 1.51. The molecule has 24 heavy (non-hydrogen) atoms. The summed E-state index contributed by atoms with van der Waals surface area (Å²) in [4.78, 5) is 27.6. The molecule has 0 spiro atoms. The van der Waals surface area contributed by atoms with Crippen molar-refractivity contribution in [3.05, 3.63) is 63.4 Å². The third-order valence-electron chi connectivity index (χ3n) is 4.20. The fourth-order valence-corrected chi connectivity index (χ4v) is 4.09. The van der Waals surface area contributed by atoms with E-state index in [4.69, 9.17) is 0 Å². The standard InChI is InChI=1S/C19H19NO3S/c1-3-10-20-15(18-12(2)9-11-24-18)14(17(22)19(20)23)16(21)13-7-5-4-6-8-13/h4-9,11,15,21H,3,10H2,1-2H3/b16-14-. The van der Waals surface area contributed by atoms with Crippen molar-refractivity contribution in [2.75, 3.05) is 6.54 Å². The van der Waals surface area contributed by atoms with Gasteiger partial charge in [0, 0.05) is 17.0 Å². The zero-order valence-corrected chi connectivity index (χ0v) is 14.5. The monoisotopic (exact) mass is 341 g/mol. The average Bonchev–Trinajstić information content (AvgIpc) is 3.11. The molecule has 0 saturated carbocycles. The van der Waals surface area contributed by atoms with Gasteiger partial charge in [-0.3, -0.25) is 9.59 Å². The van der Waals surface area contributed by atoms with Crippen molar-refractivity contribution in [2.24, 2.45) is 0 Å². The first-order chi connectivity index (χ1) is 11.6. The molecule has 1 aromatic heterocycles. The molecular weight excluding hydrogens is 322 g/mol. The van der Waals surface area contributed by atoms with Crippen LogP contribution in [0.5, 0.6) is 0 Å². The lowest BCUT2D eigenvalue weighted by Gasteiger charge is -2.24. The molecule has 1 aliphatic heterocycles. The number of Topliss-reactive ketones (excluding diaryl/α,β-unsaturated/α-hetero) is 1. The van der Waals surface area contributed by atoms with Gasteiger partial charge in [0.15, 0.2) is 0 Å². The van der Waals surface area contributed by atoms with Crippen LogP contribution in [0.15, 0.2) is 47.4 Å². The Morgan fingerprint density at radius 2 is 1.92 bits per heavy atom. The molecule has 2 aromatic rings. The van der Waals surface area contributed by atoms with E-state index in [9.17, 15) is 14.7 Å². The van der Waals surface area contributed by atoms with Gasteiger partial charge in [0.1, 0.15) is 5.76 Å². The van der Waals surface area contributed by atoms with Crippen LogP contribution >= 0.6 is 11.3 Å². The van der Waals surface area contributed by atoms with E-state index in [2.05, 4.69) is 0 Å². The lowest BCUT2D eigenvalue weighted by atomic mass is 9.98. The number of hydrogen-bond acceptors (Lipinski definition) is 4. The van der Waals surface area contributed by atoms with Crippen LogP contribution in [0.3, 0.4) is 0 Å². The molecule has 124 valence electrons. The molecule has 4 nitrogen and oxygen atoms in total. The molecule has 1 saturated heterocycles. The third kappa shape index (κ3) is 2.65. The topological polar surface area (TPSA) is 57.6 Å². The van der Waals surface area contributed by atoms with Crippen LogP contribution in [0.2, 0.25) is 0 Å². The maximum absolute atomic E-state index is 12.6. The minimum absolute atomic E-state index is 0.106. The summed E-state index contributed by atoms with van der Waals surface area (Å²) in [6, 6.07) is 10.4. The number of amides is 1. The average molecular weight is 341 g/mol. The highest BCUT2D eigenvalue weighted by atomic mass is 32.1. The maximum Gasteiger partial charge on any atom is 0.295 e. The minimum Gasteiger partial charge on any atom is -0.507 e. The van der Waals surface area contributed by atoms with Gasteiger partial charge in [-0.2, -0.15) is 0 Å². The van der Waals surface area contributed by atoms with Crippen molar-refractivity contribution in [2.45, 2.75) is 26.3 Å². The number of aryl methyl sites for hydroxylation is 1. The SMILES string of the molecule is CCCN1C(=O)C(=O)/C(=C(\O)c2ccccc2)C1c1sccc1C. The van der Waals surface area contributed by atoms with Gasteiger partial charge < -0.3 is 10.0 Å². The highest BCUT2D eigenvalue weighted by Crippen LogP contribution is 2.42. The first-order valence-corrected chi connectivity index (χ1v) is 8.82. The zero-order chi connectivity index (χ0) is 17.3. The zero-order valence-electron chi connectivity index (χ0n) is 13.7. The van der Waals surface area contributed by atoms with Crippen molar-refractivity contribution in [1.29, 1.82) is 0 Å². The number of aliphatic hydroxyl groups is 1. The Bertz CT molecular complexity index is 807. The van der Waals surface area contributed by atoms with E-state index in [-0.39, 0.29) is 11.3 Å². The number of benzene rings is 1. The van der Waals surface area contributed by atoms with Gasteiger partial charge in [-0.1, -0.05) is 37.3 Å². The molecule has 1 aromatic carbocycles. The van der Waals surface area contributed by atoms with E-state index in [1.54, 1.807) is 29.2 Å². The smallest absolute Gasteiger partial charge is 0.295 e. The molecular formula is C19H19NO3S. The molecule has 2 heterocycles. The number of hydrogen-bond donors (Lipinski definition) is 1. The van der Waals surface area contributed by atoms with Gasteiger partial charge in [-0.05, 0) is 30.4 Å². The van der Waals surface area contributed by atoms with Crippen molar-refractivity contribution in [3.63, 3.8) is 0 Å². The Hall–Kier alpha value is -2.40. The maximum atomic E-state index is 12.6. The van der Waals surface area contributed by atoms with Gasteiger partial charge in [-0.15, -0.1) is 11.3 Å². The van der Waals surface area contributed by atoms with E-state index < -0.39 is 17.7 Å². The molecule has 1 fully saturated rings. The first kappa shape index (κ1) is 16.5. The molecule has 1 unspecified atom stereocenters. The van der Waals surface area contributed by atoms with E-state index in [1.807, 2.05) is 31.4 Å². The number of nitrogens with zero attached hydrogens (tertiary/aromatic N) is 1. The molecule has 1 aliphatic rings. The lowest BCUT2D eigenvalue weighted by Crippen LogP contribution is -2.30. The van der Waals surface area contributed by atoms with Crippen molar-refractivity contribution in [3.8, 4) is 0 Å². The van der Waals surface area contributed by atoms with E-state index in [0.717, 1.165) is 16.9 Å². The van der Waals surface area contributed by atoms with Gasteiger partial charge in [0.05, 0.1) is 11.6 Å². The Balaban J connectivity index is 2.20. The number of carbonyl (C=O) groups excluding carboxylic acids is 2. The van der Waals surface area contributed by atoms with Gasteiger partial charge in [0.25, 0.3) is 11.7 Å². The highest BCUT2D eigenvalue weighted by molar-refractivity contribution is 7.10. The van der Waals surface area contributed by atoms with Gasteiger partial charge >= 0.3 is 0 Å². The molecule has 5 heteroatoms. The second-order valence-corrected chi connectivity index (χ2v) is 6.77. The summed E-state index contributed by atoms with van der Waals surface area (Å²) in [6.07, 6.45) is 0.749. The predicted octanol–water partition coefficient (Wildman–Crippen LogP) is 3.89. The minimum atomic E-state index is -0.609. The number of thiophene rings is 1. The lowest BCUT2D eigenvalue weighted by molar-refractivity contribution is -0.139. The van der Waals surface area contributed by atoms with Crippen LogP contribution in [0.4, 0.5) is 0 Å². The summed E-state index contributed by atoms with van der Waals surface area (Å²) in [5.41, 5.74) is 1.75. The van der Waals surface area contributed by atoms with Crippen molar-refractivity contribution in [1.82, 2.24) is 4.90 Å². The number of rotatable bonds is 4. The van der Waals surface area contributed by atoms with Crippen LogP contribution in [0, 0.1) is 6.92 Å². The number of carbonyl (C=O) groups is 2. The van der Waals surface area contributed by atoms with Crippen LogP contribution in [0.1, 0.15) is 35.4 Å². The van der Waals surface area contributed by atoms with Gasteiger partial charge in [-0.25, -0.2) is 0 Å². The highest BCUT2D eigenvalue weighted by Gasteiger charge is 2.46. The number of ketones is 1. The summed E-state index contributed by atoms with van der Waals surface area (Å²) in [7, 11) is 0. The normalized spacial score (nSPS) is 19.9. The summed E-state index contributed by atoms with van der Waals surface area (Å²) in [6.45, 7) is 4.41. The molecule has 0 aliphatic carbocycles. The Morgan fingerprint density at radius 3 is 2.50 bits per heavy atom. The van der Waals surface area contributed by atoms with Crippen LogP contribution in [0.25, 0.3) is 5.76 Å². The Labute approximate surface area is 145 Å². The fourth-order valence-electron chi connectivity index (χ4n) is 3.04. The summed E-state index contributed by atoms with van der Waals surface area (Å²) < 4.78 is 0. The van der Waals surface area contributed by atoms with E-state index in [1.165, 1.54) is 11.3 Å². The first-order valence-electron chi connectivity index (χ1n) is 7.94. The number of likely N-dealkylation sites (tertiary alicyclic amines) is 1. The second kappa shape index (κ2) is 6.61. The third-order valence-corrected chi connectivity index (χ3v) is 5.27. The predicted molar refractivity (Wildman–Crippen MR) is 94.8 cm³/mol. The molecule has 1 atom stereocenters. The fraction of sp³-hybridized carbons (Fsp3) is 0.263. The molecule has 3 rings (SSSR count). The Morgan fingerprint density at radius 1 is 1.21 bits per heavy atom. The van der Waals surface area contributed by atoms with Crippen molar-refractivity contribution < 1.29 is 14.7 Å². The summed E-state index contributed by atoms with van der Waals surface area (Å²) in [5.74, 6) is -1.25. The molecule has 1 amide bonds. The summed E-state index contributed by atoms with van der Waals surface area (Å²) in [5, 5.41) is 12.7.